The van der Waals surface area contributed by atoms with Gasteiger partial charge in [-0.05, 0) is 17.7 Å². The molecule has 0 saturated carbocycles. The van der Waals surface area contributed by atoms with Crippen molar-refractivity contribution in [1.29, 1.82) is 0 Å². The van der Waals surface area contributed by atoms with Gasteiger partial charge in [0.2, 0.25) is 0 Å². The van der Waals surface area contributed by atoms with E-state index >= 15 is 0 Å². The second-order valence-electron chi connectivity index (χ2n) is 1.76. The molecule has 1 aromatic rings. The van der Waals surface area contributed by atoms with Crippen LogP contribution in [0.5, 0.6) is 0 Å². The Hall–Kier alpha value is -0.270. The Kier molecular flexibility index (Phi) is 1.94. The molecule has 0 bridgehead atoms. The van der Waals surface area contributed by atoms with E-state index in [1.165, 1.54) is 0 Å². The maximum Gasteiger partial charge on any atom is 0.293 e. The Balaban J connectivity index is 3.25. The van der Waals surface area contributed by atoms with Gasteiger partial charge in [0.25, 0.3) is 5.15 Å². The van der Waals surface area contributed by atoms with Gasteiger partial charge in [0.05, 0.1) is 0 Å². The van der Waals surface area contributed by atoms with Crippen molar-refractivity contribution >= 4 is 23.2 Å². The number of nitrogens with zero attached hydrogens (tertiary/aromatic N) is 1. The largest absolute Gasteiger partial charge is 0.293 e. The first-order chi connectivity index (χ1) is 4.22. The smallest absolute Gasteiger partial charge is 0.190 e. The van der Waals surface area contributed by atoms with Crippen LogP contribution in [0.2, 0.25) is 10.2 Å². The van der Waals surface area contributed by atoms with Crippen molar-refractivity contribution in [3.63, 3.8) is 0 Å². The monoisotopic (exact) mass is 162 g/mol. The van der Waals surface area contributed by atoms with E-state index in [0.717, 1.165) is 0 Å². The minimum atomic E-state index is 0.569. The topological polar surface area (TPSA) is 3.88 Å². The van der Waals surface area contributed by atoms with E-state index in [4.69, 9.17) is 23.2 Å². The average Bonchev–Trinajstić information content (AvgIpc) is 1.83. The highest BCUT2D eigenvalue weighted by Gasteiger charge is 2.05. The average molecular weight is 163 g/mol. The summed E-state index contributed by atoms with van der Waals surface area (Å²) < 4.78 is 1.75. The number of hydrogen-bond donors (Lipinski definition) is 0. The van der Waals surface area contributed by atoms with Crippen molar-refractivity contribution < 1.29 is 4.57 Å². The van der Waals surface area contributed by atoms with Gasteiger partial charge in [-0.1, -0.05) is 11.6 Å². The molecular formula is C6H6Cl2N+. The lowest BCUT2D eigenvalue weighted by Gasteiger charge is -1.89. The van der Waals surface area contributed by atoms with Crippen molar-refractivity contribution in [3.8, 4) is 0 Å². The van der Waals surface area contributed by atoms with Crippen LogP contribution < -0.4 is 4.57 Å². The number of pyridine rings is 1. The molecule has 0 aliphatic rings. The quantitative estimate of drug-likeness (QED) is 0.405. The molecule has 0 spiro atoms. The molecule has 1 heterocycles. The molecule has 0 N–H and O–H groups in total. The van der Waals surface area contributed by atoms with Gasteiger partial charge in [-0.3, -0.25) is 0 Å². The van der Waals surface area contributed by atoms with E-state index in [-0.39, 0.29) is 0 Å². The summed E-state index contributed by atoms with van der Waals surface area (Å²) in [5.74, 6) is 0. The first kappa shape index (κ1) is 6.84. The fourth-order valence-electron chi connectivity index (χ4n) is 0.559. The molecule has 0 atom stereocenters. The molecule has 48 valence electrons. The SMILES string of the molecule is C[n+]1cccc(Cl)c1Cl. The maximum atomic E-state index is 5.71. The van der Waals surface area contributed by atoms with Crippen LogP contribution in [0, 0.1) is 0 Å². The predicted molar refractivity (Wildman–Crippen MR) is 37.6 cm³/mol. The van der Waals surface area contributed by atoms with Crippen LogP contribution in [0.3, 0.4) is 0 Å². The van der Waals surface area contributed by atoms with Gasteiger partial charge >= 0.3 is 0 Å². The van der Waals surface area contributed by atoms with E-state index in [2.05, 4.69) is 0 Å². The zero-order valence-corrected chi connectivity index (χ0v) is 6.45. The Bertz CT molecular complexity index is 202. The normalized spacial score (nSPS) is 9.67. The number of aromatic nitrogens is 1. The summed E-state index contributed by atoms with van der Waals surface area (Å²) in [5.41, 5.74) is 0. The Morgan fingerprint density at radius 1 is 1.44 bits per heavy atom. The summed E-state index contributed by atoms with van der Waals surface area (Å²) in [5, 5.41) is 1.15. The van der Waals surface area contributed by atoms with Crippen LogP contribution in [0.4, 0.5) is 0 Å². The fourth-order valence-corrected chi connectivity index (χ4v) is 0.885. The molecule has 0 aromatic carbocycles. The van der Waals surface area contributed by atoms with Gasteiger partial charge in [0, 0.05) is 6.07 Å². The van der Waals surface area contributed by atoms with Gasteiger partial charge in [0.1, 0.15) is 12.1 Å². The minimum Gasteiger partial charge on any atom is -0.190 e. The predicted octanol–water partition coefficient (Wildman–Crippen LogP) is 1.82. The molecule has 0 amide bonds. The van der Waals surface area contributed by atoms with Gasteiger partial charge in [-0.15, -0.1) is 0 Å². The second-order valence-corrected chi connectivity index (χ2v) is 2.52. The third-order valence-corrected chi connectivity index (χ3v) is 1.93. The summed E-state index contributed by atoms with van der Waals surface area (Å²) in [6.45, 7) is 0. The van der Waals surface area contributed by atoms with E-state index in [1.54, 1.807) is 10.6 Å². The van der Waals surface area contributed by atoms with Crippen molar-refractivity contribution in [1.82, 2.24) is 0 Å². The van der Waals surface area contributed by atoms with Gasteiger partial charge in [-0.25, -0.2) is 0 Å². The maximum absolute atomic E-state index is 5.71. The third-order valence-electron chi connectivity index (χ3n) is 1.06. The molecule has 1 rings (SSSR count). The van der Waals surface area contributed by atoms with Crippen molar-refractivity contribution in [2.45, 2.75) is 0 Å². The standard InChI is InChI=1S/C6H6Cl2N/c1-9-4-2-3-5(7)6(9)8/h2-4H,1H3/q+1. The number of aryl methyl sites for hydroxylation is 1. The zero-order chi connectivity index (χ0) is 6.85. The van der Waals surface area contributed by atoms with Crippen molar-refractivity contribution in [2.75, 3.05) is 0 Å². The number of halogens is 2. The molecule has 0 aliphatic heterocycles. The van der Waals surface area contributed by atoms with E-state index in [9.17, 15) is 0 Å². The van der Waals surface area contributed by atoms with E-state index in [1.807, 2.05) is 19.3 Å². The van der Waals surface area contributed by atoms with Crippen LogP contribution >= 0.6 is 23.2 Å². The second kappa shape index (κ2) is 2.54. The summed E-state index contributed by atoms with van der Waals surface area (Å²) in [6.07, 6.45) is 1.84. The highest BCUT2D eigenvalue weighted by atomic mass is 35.5. The van der Waals surface area contributed by atoms with Crippen LogP contribution in [-0.2, 0) is 7.05 Å². The number of rotatable bonds is 0. The lowest BCUT2D eigenvalue weighted by molar-refractivity contribution is -0.669. The lowest BCUT2D eigenvalue weighted by Crippen LogP contribution is -2.28. The van der Waals surface area contributed by atoms with Gasteiger partial charge in [0.15, 0.2) is 6.20 Å². The zero-order valence-electron chi connectivity index (χ0n) is 4.94. The van der Waals surface area contributed by atoms with Crippen LogP contribution in [0.1, 0.15) is 0 Å². The Morgan fingerprint density at radius 3 is 2.56 bits per heavy atom. The fraction of sp³-hybridized carbons (Fsp3) is 0.167. The molecule has 0 unspecified atom stereocenters. The van der Waals surface area contributed by atoms with E-state index < -0.39 is 0 Å². The van der Waals surface area contributed by atoms with Gasteiger partial charge in [-0.2, -0.15) is 4.57 Å². The molecule has 0 aliphatic carbocycles. The molecule has 0 fully saturated rings. The van der Waals surface area contributed by atoms with Gasteiger partial charge < -0.3 is 0 Å². The summed E-state index contributed by atoms with van der Waals surface area (Å²) >= 11 is 11.4. The summed E-state index contributed by atoms with van der Waals surface area (Å²) in [4.78, 5) is 0. The lowest BCUT2D eigenvalue weighted by atomic mass is 10.5. The molecule has 3 heteroatoms. The highest BCUT2D eigenvalue weighted by molar-refractivity contribution is 6.40. The molecule has 0 radical (unpaired) electrons. The van der Waals surface area contributed by atoms with Crippen molar-refractivity contribution in [3.05, 3.63) is 28.5 Å². The molecule has 1 aromatic heterocycles. The molecular weight excluding hydrogens is 157 g/mol. The molecule has 0 saturated heterocycles. The Labute approximate surface area is 63.8 Å². The van der Waals surface area contributed by atoms with Crippen LogP contribution in [0.15, 0.2) is 18.3 Å². The molecule has 1 nitrogen and oxygen atoms in total. The van der Waals surface area contributed by atoms with Crippen LogP contribution in [0.25, 0.3) is 0 Å². The first-order valence-electron chi connectivity index (χ1n) is 2.51. The summed E-state index contributed by atoms with van der Waals surface area (Å²) in [6, 6.07) is 3.60. The number of hydrogen-bond acceptors (Lipinski definition) is 0. The highest BCUT2D eigenvalue weighted by Crippen LogP contribution is 2.14. The summed E-state index contributed by atoms with van der Waals surface area (Å²) in [7, 11) is 1.84. The Morgan fingerprint density at radius 2 is 2.11 bits per heavy atom. The molecule has 9 heavy (non-hydrogen) atoms. The minimum absolute atomic E-state index is 0.569. The van der Waals surface area contributed by atoms with E-state index in [0.29, 0.717) is 10.2 Å². The van der Waals surface area contributed by atoms with Crippen LogP contribution in [-0.4, -0.2) is 0 Å². The van der Waals surface area contributed by atoms with Crippen molar-refractivity contribution in [2.24, 2.45) is 7.05 Å². The third kappa shape index (κ3) is 1.35. The first-order valence-corrected chi connectivity index (χ1v) is 3.27.